The van der Waals surface area contributed by atoms with Crippen molar-refractivity contribution >= 4 is 33.3 Å². The molecule has 2 heterocycles. The summed E-state index contributed by atoms with van der Waals surface area (Å²) in [4.78, 5) is 16.2. The molecule has 2 rings (SSSR count). The van der Waals surface area contributed by atoms with Gasteiger partial charge >= 0.3 is 0 Å². The first-order valence-electron chi connectivity index (χ1n) is 5.86. The second kappa shape index (κ2) is 5.47. The topological polar surface area (TPSA) is 34.9 Å². The van der Waals surface area contributed by atoms with Gasteiger partial charge in [0.05, 0.1) is 5.88 Å². The Morgan fingerprint density at radius 1 is 1.37 bits per heavy atom. The van der Waals surface area contributed by atoms with Crippen LogP contribution in [0.3, 0.4) is 0 Å². The van der Waals surface area contributed by atoms with Gasteiger partial charge in [0, 0.05) is 27.6 Å². The van der Waals surface area contributed by atoms with Crippen LogP contribution < -0.4 is 0 Å². The number of alkyl halides is 1. The molecule has 0 aliphatic carbocycles. The Morgan fingerprint density at radius 3 is 2.63 bits per heavy atom. The molecule has 5 heteroatoms. The highest BCUT2D eigenvalue weighted by atomic mass is 79.9. The van der Waals surface area contributed by atoms with E-state index in [2.05, 4.69) is 20.9 Å². The first kappa shape index (κ1) is 14.3. The van der Waals surface area contributed by atoms with Gasteiger partial charge in [-0.15, -0.1) is 11.6 Å². The van der Waals surface area contributed by atoms with Gasteiger partial charge in [-0.2, -0.15) is 0 Å². The number of ketones is 1. The van der Waals surface area contributed by atoms with Crippen molar-refractivity contribution in [2.45, 2.75) is 20.8 Å². The lowest BCUT2D eigenvalue weighted by Gasteiger charge is -2.10. The van der Waals surface area contributed by atoms with E-state index in [1.54, 1.807) is 6.20 Å². The minimum Gasteiger partial charge on any atom is -0.302 e. The number of pyridine rings is 1. The fourth-order valence-electron chi connectivity index (χ4n) is 2.12. The van der Waals surface area contributed by atoms with Gasteiger partial charge in [0.15, 0.2) is 5.78 Å². The van der Waals surface area contributed by atoms with E-state index in [4.69, 9.17) is 11.6 Å². The zero-order valence-corrected chi connectivity index (χ0v) is 13.3. The van der Waals surface area contributed by atoms with Gasteiger partial charge in [0.25, 0.3) is 0 Å². The van der Waals surface area contributed by atoms with Crippen LogP contribution >= 0.6 is 27.5 Å². The van der Waals surface area contributed by atoms with Crippen LogP contribution in [-0.4, -0.2) is 21.2 Å². The third-order valence-corrected chi connectivity index (χ3v) is 4.19. The number of halogens is 2. The Bertz CT molecular complexity index is 649. The Labute approximate surface area is 125 Å². The molecule has 19 heavy (non-hydrogen) atoms. The molecule has 0 spiro atoms. The van der Waals surface area contributed by atoms with Gasteiger partial charge in [0.2, 0.25) is 0 Å². The summed E-state index contributed by atoms with van der Waals surface area (Å²) in [5.74, 6) is 0.746. The van der Waals surface area contributed by atoms with E-state index in [0.717, 1.165) is 27.2 Å². The second-order valence-corrected chi connectivity index (χ2v) is 5.59. The molecule has 0 aliphatic rings. The maximum absolute atomic E-state index is 11.8. The number of hydrogen-bond acceptors (Lipinski definition) is 2. The van der Waals surface area contributed by atoms with Crippen molar-refractivity contribution in [2.75, 3.05) is 5.88 Å². The van der Waals surface area contributed by atoms with Crippen LogP contribution in [0.15, 0.2) is 22.8 Å². The predicted molar refractivity (Wildman–Crippen MR) is 80.5 cm³/mol. The minimum atomic E-state index is -0.0603. The molecule has 0 amide bonds. The molecule has 0 atom stereocenters. The lowest BCUT2D eigenvalue weighted by molar-refractivity contribution is 0.102. The maximum Gasteiger partial charge on any atom is 0.179 e. The predicted octanol–water partition coefficient (Wildman–Crippen LogP) is 3.98. The molecule has 3 nitrogen and oxygen atoms in total. The standard InChI is InChI=1S/C14H14BrClN2O/c1-8-4-14(17-7-12(8)15)18-9(2)5-11(10(18)3)13(19)6-16/h4-5,7H,6H2,1-3H3. The summed E-state index contributed by atoms with van der Waals surface area (Å²) in [5.41, 5.74) is 3.61. The SMILES string of the molecule is Cc1cc(-n2c(C)cc(C(=O)CCl)c2C)ncc1Br. The van der Waals surface area contributed by atoms with Gasteiger partial charge in [0.1, 0.15) is 5.82 Å². The molecule has 0 aromatic carbocycles. The number of Topliss-reactive ketones (excluding diaryl/α,β-unsaturated/α-hetero) is 1. The van der Waals surface area contributed by atoms with Crippen LogP contribution in [0.5, 0.6) is 0 Å². The number of aryl methyl sites for hydroxylation is 2. The molecule has 2 aromatic rings. The molecule has 0 unspecified atom stereocenters. The van der Waals surface area contributed by atoms with Crippen molar-refractivity contribution in [3.05, 3.63) is 45.3 Å². The smallest absolute Gasteiger partial charge is 0.179 e. The summed E-state index contributed by atoms with van der Waals surface area (Å²) in [6.07, 6.45) is 1.77. The van der Waals surface area contributed by atoms with E-state index in [1.165, 1.54) is 0 Å². The molecule has 0 saturated carbocycles. The molecule has 0 radical (unpaired) electrons. The Kier molecular flexibility index (Phi) is 4.11. The quantitative estimate of drug-likeness (QED) is 0.625. The van der Waals surface area contributed by atoms with Crippen molar-refractivity contribution in [2.24, 2.45) is 0 Å². The average Bonchev–Trinajstić information content (AvgIpc) is 2.68. The van der Waals surface area contributed by atoms with Crippen LogP contribution in [0.4, 0.5) is 0 Å². The largest absolute Gasteiger partial charge is 0.302 e. The van der Waals surface area contributed by atoms with Crippen molar-refractivity contribution in [1.82, 2.24) is 9.55 Å². The van der Waals surface area contributed by atoms with E-state index in [-0.39, 0.29) is 11.7 Å². The highest BCUT2D eigenvalue weighted by Gasteiger charge is 2.16. The van der Waals surface area contributed by atoms with Crippen LogP contribution in [0.2, 0.25) is 0 Å². The fourth-order valence-corrected chi connectivity index (χ4v) is 2.48. The molecule has 0 bridgehead atoms. The van der Waals surface area contributed by atoms with Gasteiger partial charge in [-0.05, 0) is 54.4 Å². The van der Waals surface area contributed by atoms with E-state index in [0.29, 0.717) is 5.56 Å². The number of carbonyl (C=O) groups excluding carboxylic acids is 1. The highest BCUT2D eigenvalue weighted by molar-refractivity contribution is 9.10. The van der Waals surface area contributed by atoms with Crippen LogP contribution in [0.1, 0.15) is 27.3 Å². The first-order valence-corrected chi connectivity index (χ1v) is 7.19. The molecule has 100 valence electrons. The van der Waals surface area contributed by atoms with Gasteiger partial charge in [-0.25, -0.2) is 4.98 Å². The van der Waals surface area contributed by atoms with Crippen LogP contribution in [0.25, 0.3) is 5.82 Å². The minimum absolute atomic E-state index is 0.00289. The normalized spacial score (nSPS) is 10.8. The van der Waals surface area contributed by atoms with Crippen molar-refractivity contribution in [3.63, 3.8) is 0 Å². The molecule has 0 fully saturated rings. The van der Waals surface area contributed by atoms with Crippen LogP contribution in [0, 0.1) is 20.8 Å². The zero-order chi connectivity index (χ0) is 14.2. The summed E-state index contributed by atoms with van der Waals surface area (Å²) in [6.45, 7) is 5.87. The molecular formula is C14H14BrClN2O. The lowest BCUT2D eigenvalue weighted by atomic mass is 10.2. The number of carbonyl (C=O) groups is 1. The third-order valence-electron chi connectivity index (χ3n) is 3.11. The highest BCUT2D eigenvalue weighted by Crippen LogP contribution is 2.23. The fraction of sp³-hybridized carbons (Fsp3) is 0.286. The molecule has 2 aromatic heterocycles. The Balaban J connectivity index is 2.59. The summed E-state index contributed by atoms with van der Waals surface area (Å²) in [7, 11) is 0. The third kappa shape index (κ3) is 2.60. The summed E-state index contributed by atoms with van der Waals surface area (Å²) < 4.78 is 2.94. The number of rotatable bonds is 3. The van der Waals surface area contributed by atoms with Crippen LogP contribution in [-0.2, 0) is 0 Å². The van der Waals surface area contributed by atoms with Gasteiger partial charge in [-0.1, -0.05) is 0 Å². The van der Waals surface area contributed by atoms with E-state index in [9.17, 15) is 4.79 Å². The van der Waals surface area contributed by atoms with E-state index < -0.39 is 0 Å². The number of hydrogen-bond donors (Lipinski definition) is 0. The Morgan fingerprint density at radius 2 is 2.05 bits per heavy atom. The second-order valence-electron chi connectivity index (χ2n) is 4.47. The van der Waals surface area contributed by atoms with Gasteiger partial charge in [-0.3, -0.25) is 4.79 Å². The van der Waals surface area contributed by atoms with Crippen molar-refractivity contribution < 1.29 is 4.79 Å². The summed E-state index contributed by atoms with van der Waals surface area (Å²) in [5, 5.41) is 0. The van der Waals surface area contributed by atoms with Gasteiger partial charge < -0.3 is 4.57 Å². The van der Waals surface area contributed by atoms with Crippen molar-refractivity contribution in [3.8, 4) is 5.82 Å². The molecule has 0 aliphatic heterocycles. The van der Waals surface area contributed by atoms with E-state index >= 15 is 0 Å². The monoisotopic (exact) mass is 340 g/mol. The first-order chi connectivity index (χ1) is 8.95. The zero-order valence-electron chi connectivity index (χ0n) is 11.0. The number of aromatic nitrogens is 2. The van der Waals surface area contributed by atoms with Crippen molar-refractivity contribution in [1.29, 1.82) is 0 Å². The van der Waals surface area contributed by atoms with E-state index in [1.807, 2.05) is 37.5 Å². The summed E-state index contributed by atoms with van der Waals surface area (Å²) >= 11 is 9.07. The average molecular weight is 342 g/mol. The Hall–Kier alpha value is -1.13. The summed E-state index contributed by atoms with van der Waals surface area (Å²) in [6, 6.07) is 3.85. The molecule has 0 N–H and O–H groups in total. The maximum atomic E-state index is 11.8. The molecular weight excluding hydrogens is 328 g/mol. The number of nitrogens with zero attached hydrogens (tertiary/aromatic N) is 2. The molecule has 0 saturated heterocycles. The lowest BCUT2D eigenvalue weighted by Crippen LogP contribution is -2.05.